The fraction of sp³-hybridized carbons (Fsp3) is 0.333. The van der Waals surface area contributed by atoms with Gasteiger partial charge < -0.3 is 10.1 Å². The number of nitrogens with one attached hydrogen (secondary N) is 1. The van der Waals surface area contributed by atoms with E-state index in [4.69, 9.17) is 4.74 Å². The number of hydrogen-bond acceptors (Lipinski definition) is 6. The summed E-state index contributed by atoms with van der Waals surface area (Å²) in [4.78, 5) is 0. The molecule has 3 rings (SSSR count). The molecule has 27 heavy (non-hydrogen) atoms. The van der Waals surface area contributed by atoms with Gasteiger partial charge in [0.05, 0.1) is 17.5 Å². The number of rotatable bonds is 7. The van der Waals surface area contributed by atoms with Gasteiger partial charge in [0.1, 0.15) is 5.69 Å². The van der Waals surface area contributed by atoms with Crippen LogP contribution in [0.25, 0.3) is 0 Å². The van der Waals surface area contributed by atoms with E-state index < -0.39 is 28.3 Å². The molecule has 0 unspecified atom stereocenters. The second-order valence-corrected chi connectivity index (χ2v) is 7.94. The average Bonchev–Trinajstić information content (AvgIpc) is 2.86. The molecule has 3 N–H and O–H groups in total. The predicted molar refractivity (Wildman–Crippen MR) is 104 cm³/mol. The Balaban J connectivity index is 2.00. The molecule has 148 valence electrons. The van der Waals surface area contributed by atoms with Gasteiger partial charge in [-0.1, -0.05) is 18.2 Å². The fourth-order valence-electron chi connectivity index (χ4n) is 3.17. The van der Waals surface area contributed by atoms with Gasteiger partial charge in [0, 0.05) is 20.2 Å². The number of benzene rings is 2. The summed E-state index contributed by atoms with van der Waals surface area (Å²) >= 11 is 0. The van der Waals surface area contributed by atoms with E-state index in [9.17, 15) is 17.9 Å². The SMILES string of the molecule is CNC[C@H](CCN1c2ccccc2N(c2c(F)cccc2F)S1(O)O)OC. The van der Waals surface area contributed by atoms with E-state index in [1.165, 1.54) is 10.4 Å². The summed E-state index contributed by atoms with van der Waals surface area (Å²) in [6.07, 6.45) is 0.353. The minimum absolute atomic E-state index is 0.142. The molecule has 0 saturated carbocycles. The van der Waals surface area contributed by atoms with Crippen molar-refractivity contribution in [2.75, 3.05) is 35.9 Å². The predicted octanol–water partition coefficient (Wildman–Crippen LogP) is 4.13. The molecule has 0 bridgehead atoms. The van der Waals surface area contributed by atoms with Crippen LogP contribution < -0.4 is 13.9 Å². The maximum Gasteiger partial charge on any atom is 0.151 e. The van der Waals surface area contributed by atoms with Crippen molar-refractivity contribution in [3.05, 3.63) is 54.1 Å². The molecule has 0 amide bonds. The summed E-state index contributed by atoms with van der Waals surface area (Å²) < 4.78 is 58.4. The lowest BCUT2D eigenvalue weighted by Gasteiger charge is -2.44. The summed E-state index contributed by atoms with van der Waals surface area (Å²) in [5, 5.41) is 3.01. The van der Waals surface area contributed by atoms with E-state index in [2.05, 4.69) is 5.32 Å². The Labute approximate surface area is 159 Å². The third kappa shape index (κ3) is 3.61. The van der Waals surface area contributed by atoms with Gasteiger partial charge in [-0.15, -0.1) is 0 Å². The minimum Gasteiger partial charge on any atom is -0.380 e. The quantitative estimate of drug-likeness (QED) is 0.651. The fourth-order valence-corrected chi connectivity index (χ4v) is 4.97. The zero-order valence-electron chi connectivity index (χ0n) is 15.1. The van der Waals surface area contributed by atoms with Crippen LogP contribution >= 0.6 is 11.0 Å². The van der Waals surface area contributed by atoms with Crippen molar-refractivity contribution in [2.24, 2.45) is 0 Å². The van der Waals surface area contributed by atoms with Gasteiger partial charge in [0.15, 0.2) is 11.6 Å². The van der Waals surface area contributed by atoms with Crippen molar-refractivity contribution in [3.63, 3.8) is 0 Å². The number of ether oxygens (including phenoxy) is 1. The van der Waals surface area contributed by atoms with Crippen LogP contribution in [0.4, 0.5) is 25.8 Å². The van der Waals surface area contributed by atoms with Crippen LogP contribution in [0.5, 0.6) is 0 Å². The third-order valence-corrected chi connectivity index (χ3v) is 6.31. The van der Waals surface area contributed by atoms with Crippen LogP contribution in [0.1, 0.15) is 6.42 Å². The molecule has 1 aliphatic heterocycles. The van der Waals surface area contributed by atoms with Gasteiger partial charge in [-0.25, -0.2) is 13.1 Å². The van der Waals surface area contributed by atoms with E-state index >= 15 is 0 Å². The number of halogens is 2. The van der Waals surface area contributed by atoms with Gasteiger partial charge in [0.25, 0.3) is 0 Å². The van der Waals surface area contributed by atoms with Gasteiger partial charge >= 0.3 is 0 Å². The first-order valence-electron chi connectivity index (χ1n) is 8.48. The molecule has 6 nitrogen and oxygen atoms in total. The Bertz CT molecular complexity index is 789. The van der Waals surface area contributed by atoms with Crippen molar-refractivity contribution in [2.45, 2.75) is 12.5 Å². The maximum absolute atomic E-state index is 14.4. The third-order valence-electron chi connectivity index (χ3n) is 4.47. The highest BCUT2D eigenvalue weighted by molar-refractivity contribution is 8.27. The molecular formula is C18H23F2N3O3S. The molecule has 0 aliphatic carbocycles. The molecule has 0 saturated heterocycles. The smallest absolute Gasteiger partial charge is 0.151 e. The zero-order valence-corrected chi connectivity index (χ0v) is 15.9. The number of likely N-dealkylation sites (N-methyl/N-ethyl adjacent to an activating group) is 1. The highest BCUT2D eigenvalue weighted by Gasteiger charge is 2.43. The van der Waals surface area contributed by atoms with Crippen LogP contribution in [0, 0.1) is 11.6 Å². The van der Waals surface area contributed by atoms with E-state index in [1.807, 2.05) is 0 Å². The lowest BCUT2D eigenvalue weighted by Crippen LogP contribution is -2.35. The van der Waals surface area contributed by atoms with Crippen LogP contribution in [0.3, 0.4) is 0 Å². The maximum atomic E-state index is 14.4. The van der Waals surface area contributed by atoms with Crippen LogP contribution in [0.2, 0.25) is 0 Å². The topological polar surface area (TPSA) is 68.2 Å². The van der Waals surface area contributed by atoms with E-state index in [-0.39, 0.29) is 12.6 Å². The Hall–Kier alpha value is -1.91. The summed E-state index contributed by atoms with van der Waals surface area (Å²) in [6, 6.07) is 10.1. The van der Waals surface area contributed by atoms with E-state index in [0.29, 0.717) is 24.3 Å². The van der Waals surface area contributed by atoms with Crippen molar-refractivity contribution < 1.29 is 22.6 Å². The second kappa shape index (κ2) is 7.99. The average molecular weight is 399 g/mol. The molecule has 1 aliphatic rings. The molecule has 0 radical (unpaired) electrons. The Kier molecular flexibility index (Phi) is 5.87. The largest absolute Gasteiger partial charge is 0.380 e. The molecule has 9 heteroatoms. The molecule has 0 aromatic heterocycles. The highest BCUT2D eigenvalue weighted by Crippen LogP contribution is 2.64. The lowest BCUT2D eigenvalue weighted by molar-refractivity contribution is 0.0984. The van der Waals surface area contributed by atoms with E-state index in [0.717, 1.165) is 16.4 Å². The van der Waals surface area contributed by atoms with Gasteiger partial charge in [-0.3, -0.25) is 13.4 Å². The van der Waals surface area contributed by atoms with Crippen LogP contribution in [-0.2, 0) is 4.74 Å². The summed E-state index contributed by atoms with van der Waals surface area (Å²) in [7, 11) is -0.312. The molecule has 2 aromatic rings. The number of anilines is 3. The van der Waals surface area contributed by atoms with Gasteiger partial charge in [-0.2, -0.15) is 0 Å². The normalized spacial score (nSPS) is 17.7. The van der Waals surface area contributed by atoms with Crippen molar-refractivity contribution in [1.29, 1.82) is 0 Å². The van der Waals surface area contributed by atoms with Gasteiger partial charge in [0.2, 0.25) is 0 Å². The first-order valence-corrected chi connectivity index (χ1v) is 9.94. The van der Waals surface area contributed by atoms with Crippen LogP contribution in [0.15, 0.2) is 42.5 Å². The Morgan fingerprint density at radius 1 is 1.07 bits per heavy atom. The number of hydrogen-bond donors (Lipinski definition) is 3. The highest BCUT2D eigenvalue weighted by atomic mass is 32.3. The van der Waals surface area contributed by atoms with Gasteiger partial charge in [-0.05, 0) is 48.7 Å². The summed E-state index contributed by atoms with van der Waals surface area (Å²) in [5.41, 5.74) is 0.356. The standard InChI is InChI=1S/C18H23F2N3O3S/c1-21-12-13(26-2)10-11-22-16-8-3-4-9-17(16)23(27(22,24)25)18-14(19)6-5-7-15(18)20/h3-9,13,21,24-25H,10-12H2,1-2H3/t13-/m0/s1. The molecule has 2 aromatic carbocycles. The summed E-state index contributed by atoms with van der Waals surface area (Å²) in [6.45, 7) is 0.836. The monoisotopic (exact) mass is 399 g/mol. The Morgan fingerprint density at radius 2 is 1.70 bits per heavy atom. The number of nitrogens with zero attached hydrogens (tertiary/aromatic N) is 2. The molecule has 1 heterocycles. The van der Waals surface area contributed by atoms with Crippen molar-refractivity contribution >= 4 is 28.0 Å². The minimum atomic E-state index is -3.69. The Morgan fingerprint density at radius 3 is 2.30 bits per heavy atom. The van der Waals surface area contributed by atoms with Crippen molar-refractivity contribution in [3.8, 4) is 0 Å². The number of para-hydroxylation sites is 3. The second-order valence-electron chi connectivity index (χ2n) is 6.15. The lowest BCUT2D eigenvalue weighted by atomic mass is 10.2. The molecule has 1 atom stereocenters. The molecule has 0 fully saturated rings. The van der Waals surface area contributed by atoms with Crippen LogP contribution in [-0.4, -0.2) is 42.5 Å². The van der Waals surface area contributed by atoms with E-state index in [1.54, 1.807) is 38.4 Å². The zero-order chi connectivity index (χ0) is 19.6. The number of methoxy groups -OCH3 is 1. The first-order chi connectivity index (χ1) is 12.9. The molecular weight excluding hydrogens is 376 g/mol. The van der Waals surface area contributed by atoms with Crippen molar-refractivity contribution in [1.82, 2.24) is 5.32 Å². The number of fused-ring (bicyclic) bond motifs is 1. The first kappa shape index (κ1) is 19.8. The molecule has 0 spiro atoms. The summed E-state index contributed by atoms with van der Waals surface area (Å²) in [5.74, 6) is -1.73.